The molecule has 3 nitrogen and oxygen atoms in total. The van der Waals surface area contributed by atoms with Gasteiger partial charge in [-0.1, -0.05) is 23.7 Å². The predicted octanol–water partition coefficient (Wildman–Crippen LogP) is 5.88. The van der Waals surface area contributed by atoms with Crippen molar-refractivity contribution in [2.45, 2.75) is 39.5 Å². The van der Waals surface area contributed by atoms with Gasteiger partial charge in [-0.15, -0.1) is 0 Å². The second kappa shape index (κ2) is 7.92. The number of aliphatic imine (C=N–C) groups is 1. The van der Waals surface area contributed by atoms with Gasteiger partial charge in [0.1, 0.15) is 0 Å². The minimum atomic E-state index is 0.665. The van der Waals surface area contributed by atoms with Crippen LogP contribution in [0, 0.1) is 6.92 Å². The number of hydrogen-bond acceptors (Lipinski definition) is 2. The molecular formula is C21H26ClN3. The highest BCUT2D eigenvalue weighted by molar-refractivity contribution is 6.33. The van der Waals surface area contributed by atoms with Gasteiger partial charge < -0.3 is 10.2 Å². The zero-order valence-corrected chi connectivity index (χ0v) is 16.0. The van der Waals surface area contributed by atoms with Gasteiger partial charge in [0.25, 0.3) is 0 Å². The van der Waals surface area contributed by atoms with Gasteiger partial charge in [-0.2, -0.15) is 0 Å². The van der Waals surface area contributed by atoms with Crippen LogP contribution in [0.5, 0.6) is 0 Å². The van der Waals surface area contributed by atoms with Gasteiger partial charge in [-0.05, 0) is 74.4 Å². The molecule has 0 radical (unpaired) electrons. The molecule has 1 aliphatic rings. The van der Waals surface area contributed by atoms with Crippen molar-refractivity contribution in [3.8, 4) is 0 Å². The van der Waals surface area contributed by atoms with E-state index in [2.05, 4.69) is 42.4 Å². The van der Waals surface area contributed by atoms with Crippen LogP contribution in [0.1, 0.15) is 36.5 Å². The number of hydrogen-bond donors (Lipinski definition) is 1. The van der Waals surface area contributed by atoms with E-state index in [9.17, 15) is 0 Å². The standard InChI is InChI=1S/C21H26ClN3/c1-4-25(3)14-23-21-12-15(2)20(13-18(21)22)24-19-11-7-9-16-8-5-6-10-17(16)19/h7,9,11-14,24H,4-6,8,10H2,1-3H3. The van der Waals surface area contributed by atoms with Crippen LogP contribution < -0.4 is 5.32 Å². The van der Waals surface area contributed by atoms with Crippen molar-refractivity contribution in [1.29, 1.82) is 0 Å². The normalized spacial score (nSPS) is 13.8. The lowest BCUT2D eigenvalue weighted by Crippen LogP contribution is -2.14. The molecule has 2 aromatic carbocycles. The number of anilines is 2. The van der Waals surface area contributed by atoms with Crippen molar-refractivity contribution in [2.75, 3.05) is 18.9 Å². The molecule has 25 heavy (non-hydrogen) atoms. The summed E-state index contributed by atoms with van der Waals surface area (Å²) < 4.78 is 0. The van der Waals surface area contributed by atoms with Crippen LogP contribution in [0.2, 0.25) is 5.02 Å². The van der Waals surface area contributed by atoms with E-state index in [0.29, 0.717) is 5.02 Å². The molecule has 0 unspecified atom stereocenters. The summed E-state index contributed by atoms with van der Waals surface area (Å²) in [4.78, 5) is 6.52. The van der Waals surface area contributed by atoms with Crippen molar-refractivity contribution < 1.29 is 0 Å². The molecule has 0 amide bonds. The molecule has 0 atom stereocenters. The summed E-state index contributed by atoms with van der Waals surface area (Å²) in [6.45, 7) is 5.10. The summed E-state index contributed by atoms with van der Waals surface area (Å²) >= 11 is 6.47. The molecule has 4 heteroatoms. The summed E-state index contributed by atoms with van der Waals surface area (Å²) in [6, 6.07) is 10.6. The molecule has 0 fully saturated rings. The first kappa shape index (κ1) is 17.8. The average Bonchev–Trinajstić information content (AvgIpc) is 2.63. The topological polar surface area (TPSA) is 27.6 Å². The number of benzene rings is 2. The Hall–Kier alpha value is -2.00. The highest BCUT2D eigenvalue weighted by atomic mass is 35.5. The van der Waals surface area contributed by atoms with E-state index in [1.165, 1.54) is 36.1 Å². The summed E-state index contributed by atoms with van der Waals surface area (Å²) in [5.74, 6) is 0. The summed E-state index contributed by atoms with van der Waals surface area (Å²) in [6.07, 6.45) is 6.71. The number of nitrogens with one attached hydrogen (secondary N) is 1. The number of halogens is 1. The number of nitrogens with zero attached hydrogens (tertiary/aromatic N) is 2. The third-order valence-electron chi connectivity index (χ3n) is 4.85. The molecule has 0 spiro atoms. The van der Waals surface area contributed by atoms with Gasteiger partial charge in [0, 0.05) is 25.0 Å². The Kier molecular flexibility index (Phi) is 5.64. The molecule has 1 N–H and O–H groups in total. The van der Waals surface area contributed by atoms with Crippen LogP contribution in [-0.2, 0) is 12.8 Å². The van der Waals surface area contributed by atoms with E-state index in [-0.39, 0.29) is 0 Å². The Morgan fingerprint density at radius 1 is 1.20 bits per heavy atom. The van der Waals surface area contributed by atoms with E-state index >= 15 is 0 Å². The van der Waals surface area contributed by atoms with Gasteiger partial charge in [0.2, 0.25) is 0 Å². The highest BCUT2D eigenvalue weighted by Gasteiger charge is 2.14. The lowest BCUT2D eigenvalue weighted by atomic mass is 9.90. The maximum absolute atomic E-state index is 6.47. The van der Waals surface area contributed by atoms with Crippen LogP contribution in [0.4, 0.5) is 17.1 Å². The van der Waals surface area contributed by atoms with E-state index in [4.69, 9.17) is 11.6 Å². The first-order chi connectivity index (χ1) is 12.1. The van der Waals surface area contributed by atoms with E-state index in [1.807, 2.05) is 30.4 Å². The van der Waals surface area contributed by atoms with E-state index in [1.54, 1.807) is 0 Å². The smallest absolute Gasteiger partial charge is 0.0910 e. The summed E-state index contributed by atoms with van der Waals surface area (Å²) in [5, 5.41) is 4.26. The molecule has 3 rings (SSSR count). The van der Waals surface area contributed by atoms with Crippen LogP contribution in [-0.4, -0.2) is 24.8 Å². The Labute approximate surface area is 155 Å². The first-order valence-corrected chi connectivity index (χ1v) is 9.38. The monoisotopic (exact) mass is 355 g/mol. The van der Waals surface area contributed by atoms with Gasteiger partial charge in [-0.3, -0.25) is 0 Å². The molecule has 0 heterocycles. The Balaban J connectivity index is 1.87. The lowest BCUT2D eigenvalue weighted by Gasteiger charge is -2.21. The van der Waals surface area contributed by atoms with E-state index < -0.39 is 0 Å². The fourth-order valence-electron chi connectivity index (χ4n) is 3.19. The minimum absolute atomic E-state index is 0.665. The molecule has 0 saturated heterocycles. The molecule has 2 aromatic rings. The molecule has 0 aliphatic heterocycles. The fraction of sp³-hybridized carbons (Fsp3) is 0.381. The quantitative estimate of drug-likeness (QED) is 0.535. The maximum Gasteiger partial charge on any atom is 0.0910 e. The minimum Gasteiger partial charge on any atom is -0.366 e. The second-order valence-corrected chi connectivity index (χ2v) is 7.12. The zero-order chi connectivity index (χ0) is 17.8. The Morgan fingerprint density at radius 2 is 2.00 bits per heavy atom. The fourth-order valence-corrected chi connectivity index (χ4v) is 3.40. The molecule has 0 aromatic heterocycles. The third kappa shape index (κ3) is 4.16. The largest absolute Gasteiger partial charge is 0.366 e. The summed E-state index contributed by atoms with van der Waals surface area (Å²) in [7, 11) is 2.00. The van der Waals surface area contributed by atoms with Crippen molar-refractivity contribution in [2.24, 2.45) is 4.99 Å². The zero-order valence-electron chi connectivity index (χ0n) is 15.3. The molecule has 132 valence electrons. The third-order valence-corrected chi connectivity index (χ3v) is 5.15. The van der Waals surface area contributed by atoms with Gasteiger partial charge in [0.05, 0.1) is 17.0 Å². The van der Waals surface area contributed by atoms with Crippen molar-refractivity contribution in [3.05, 3.63) is 52.0 Å². The number of rotatable bonds is 5. The molecule has 0 bridgehead atoms. The molecular weight excluding hydrogens is 330 g/mol. The number of fused-ring (bicyclic) bond motifs is 1. The molecule has 1 aliphatic carbocycles. The SMILES string of the molecule is CCN(C)C=Nc1cc(C)c(Nc2cccc3c2CCCC3)cc1Cl. The second-order valence-electron chi connectivity index (χ2n) is 6.71. The summed E-state index contributed by atoms with van der Waals surface area (Å²) in [5.41, 5.74) is 7.13. The number of aryl methyl sites for hydroxylation is 2. The van der Waals surface area contributed by atoms with Gasteiger partial charge in [-0.25, -0.2) is 4.99 Å². The highest BCUT2D eigenvalue weighted by Crippen LogP contribution is 2.35. The van der Waals surface area contributed by atoms with Crippen LogP contribution in [0.3, 0.4) is 0 Å². The maximum atomic E-state index is 6.47. The molecule has 0 saturated carbocycles. The predicted molar refractivity (Wildman–Crippen MR) is 109 cm³/mol. The average molecular weight is 356 g/mol. The van der Waals surface area contributed by atoms with E-state index in [0.717, 1.165) is 29.9 Å². The Morgan fingerprint density at radius 3 is 2.80 bits per heavy atom. The van der Waals surface area contributed by atoms with Crippen molar-refractivity contribution in [1.82, 2.24) is 4.90 Å². The van der Waals surface area contributed by atoms with Gasteiger partial charge >= 0.3 is 0 Å². The van der Waals surface area contributed by atoms with Crippen LogP contribution >= 0.6 is 11.6 Å². The first-order valence-electron chi connectivity index (χ1n) is 9.01. The van der Waals surface area contributed by atoms with Crippen molar-refractivity contribution >= 4 is 35.0 Å². The lowest BCUT2D eigenvalue weighted by molar-refractivity contribution is 0.552. The van der Waals surface area contributed by atoms with Crippen molar-refractivity contribution in [3.63, 3.8) is 0 Å². The van der Waals surface area contributed by atoms with Crippen LogP contribution in [0.25, 0.3) is 0 Å². The van der Waals surface area contributed by atoms with Crippen LogP contribution in [0.15, 0.2) is 35.3 Å². The Bertz CT molecular complexity index is 783. The van der Waals surface area contributed by atoms with Gasteiger partial charge in [0.15, 0.2) is 0 Å².